The number of amides is 1. The number of hydrogen-bond donors (Lipinski definition) is 0. The first-order chi connectivity index (χ1) is 16.2. The fraction of sp³-hybridized carbons (Fsp3) is 0.214. The zero-order valence-electron chi connectivity index (χ0n) is 18.6. The molecule has 1 amide bonds. The molecule has 0 fully saturated rings. The van der Waals surface area contributed by atoms with Crippen LogP contribution in [-0.2, 0) is 11.2 Å². The van der Waals surface area contributed by atoms with E-state index in [1.165, 1.54) is 5.56 Å². The Labute approximate surface area is 198 Å². The Balaban J connectivity index is 1.41. The quantitative estimate of drug-likeness (QED) is 0.315. The second-order valence-corrected chi connectivity index (χ2v) is 9.04. The van der Waals surface area contributed by atoms with E-state index in [1.54, 1.807) is 11.3 Å². The molecule has 1 aromatic heterocycles. The predicted molar refractivity (Wildman–Crippen MR) is 135 cm³/mol. The molecule has 0 saturated carbocycles. The van der Waals surface area contributed by atoms with Crippen LogP contribution in [0.3, 0.4) is 0 Å². The summed E-state index contributed by atoms with van der Waals surface area (Å²) < 4.78 is 6.04. The van der Waals surface area contributed by atoms with E-state index >= 15 is 0 Å². The van der Waals surface area contributed by atoms with E-state index < -0.39 is 6.10 Å². The van der Waals surface area contributed by atoms with Gasteiger partial charge in [0, 0.05) is 23.1 Å². The minimum atomic E-state index is -0.427. The molecule has 0 saturated heterocycles. The number of anilines is 1. The van der Waals surface area contributed by atoms with E-state index in [0.29, 0.717) is 13.0 Å². The minimum absolute atomic E-state index is 0.0402. The van der Waals surface area contributed by atoms with E-state index in [-0.39, 0.29) is 5.91 Å². The lowest BCUT2D eigenvalue weighted by Crippen LogP contribution is -2.46. The molecule has 0 spiro atoms. The van der Waals surface area contributed by atoms with Gasteiger partial charge in [-0.25, -0.2) is 4.98 Å². The fourth-order valence-electron chi connectivity index (χ4n) is 4.18. The molecule has 1 aliphatic rings. The molecule has 0 aliphatic carbocycles. The third-order valence-electron chi connectivity index (χ3n) is 5.94. The van der Waals surface area contributed by atoms with Crippen molar-refractivity contribution in [3.63, 3.8) is 0 Å². The third-order valence-corrected chi connectivity index (χ3v) is 6.83. The average Bonchev–Trinajstić information content (AvgIpc) is 3.36. The summed E-state index contributed by atoms with van der Waals surface area (Å²) in [5.41, 5.74) is 5.14. The van der Waals surface area contributed by atoms with Crippen LogP contribution in [0.1, 0.15) is 25.3 Å². The number of fused-ring (bicyclic) bond motifs is 1. The lowest BCUT2D eigenvalue weighted by atomic mass is 10.1. The van der Waals surface area contributed by atoms with Gasteiger partial charge >= 0.3 is 0 Å². The molecule has 5 heteroatoms. The molecule has 0 radical (unpaired) electrons. The molecule has 5 rings (SSSR count). The molecule has 4 nitrogen and oxygen atoms in total. The van der Waals surface area contributed by atoms with Crippen LogP contribution in [0.5, 0.6) is 5.75 Å². The number of hydrogen-bond acceptors (Lipinski definition) is 4. The van der Waals surface area contributed by atoms with Crippen molar-refractivity contribution in [3.8, 4) is 27.6 Å². The molecule has 1 atom stereocenters. The molecule has 2 heterocycles. The van der Waals surface area contributed by atoms with E-state index in [4.69, 9.17) is 9.72 Å². The van der Waals surface area contributed by atoms with Crippen molar-refractivity contribution in [2.24, 2.45) is 0 Å². The van der Waals surface area contributed by atoms with Crippen molar-refractivity contribution in [2.75, 3.05) is 11.4 Å². The van der Waals surface area contributed by atoms with Crippen molar-refractivity contribution in [1.82, 2.24) is 4.98 Å². The van der Waals surface area contributed by atoms with Crippen LogP contribution in [-0.4, -0.2) is 23.5 Å². The van der Waals surface area contributed by atoms with Crippen LogP contribution < -0.4 is 9.64 Å². The molecule has 0 N–H and O–H groups in total. The maximum atomic E-state index is 13.2. The smallest absolute Gasteiger partial charge is 0.268 e. The largest absolute Gasteiger partial charge is 0.478 e. The Morgan fingerprint density at radius 1 is 0.970 bits per heavy atom. The van der Waals surface area contributed by atoms with Crippen LogP contribution in [0.25, 0.3) is 21.8 Å². The Kier molecular flexibility index (Phi) is 6.22. The highest BCUT2D eigenvalue weighted by Crippen LogP contribution is 2.39. The lowest BCUT2D eigenvalue weighted by Gasteiger charge is -2.34. The number of carbonyl (C=O) groups excluding carboxylic acids is 1. The average molecular weight is 455 g/mol. The van der Waals surface area contributed by atoms with Gasteiger partial charge in [-0.15, -0.1) is 11.3 Å². The van der Waals surface area contributed by atoms with Crippen molar-refractivity contribution >= 4 is 22.9 Å². The van der Waals surface area contributed by atoms with Gasteiger partial charge in [0.25, 0.3) is 5.91 Å². The summed E-state index contributed by atoms with van der Waals surface area (Å²) in [5, 5.41) is 3.06. The first-order valence-corrected chi connectivity index (χ1v) is 12.3. The summed E-state index contributed by atoms with van der Waals surface area (Å²) in [7, 11) is 0. The van der Waals surface area contributed by atoms with E-state index in [9.17, 15) is 4.79 Å². The van der Waals surface area contributed by atoms with E-state index in [0.717, 1.165) is 46.1 Å². The Bertz CT molecular complexity index is 1240. The zero-order chi connectivity index (χ0) is 22.6. The van der Waals surface area contributed by atoms with Crippen LogP contribution >= 0.6 is 11.3 Å². The Hall–Kier alpha value is -3.44. The predicted octanol–water partition coefficient (Wildman–Crippen LogP) is 6.61. The van der Waals surface area contributed by atoms with Crippen LogP contribution in [0, 0.1) is 0 Å². The van der Waals surface area contributed by atoms with Crippen molar-refractivity contribution in [1.29, 1.82) is 0 Å². The topological polar surface area (TPSA) is 42.4 Å². The number of aromatic nitrogens is 1. The van der Waals surface area contributed by atoms with Crippen LogP contribution in [0.2, 0.25) is 0 Å². The number of rotatable bonds is 7. The SMILES string of the molecule is CCC1Oc2ccc(-c3csc(-c4ccccc4)n3)cc2N(CCCc2ccccc2)C1=O. The van der Waals surface area contributed by atoms with Gasteiger partial charge in [-0.05, 0) is 43.0 Å². The summed E-state index contributed by atoms with van der Waals surface area (Å²) >= 11 is 1.63. The molecule has 3 aromatic carbocycles. The van der Waals surface area contributed by atoms with Gasteiger partial charge in [0.2, 0.25) is 0 Å². The Morgan fingerprint density at radius 3 is 2.48 bits per heavy atom. The normalized spacial score (nSPS) is 15.2. The van der Waals surface area contributed by atoms with Crippen molar-refractivity contribution < 1.29 is 9.53 Å². The molecule has 1 unspecified atom stereocenters. The second kappa shape index (κ2) is 9.59. The van der Waals surface area contributed by atoms with Gasteiger partial charge in [0.05, 0.1) is 11.4 Å². The summed E-state index contributed by atoms with van der Waals surface area (Å²) in [6.45, 7) is 2.65. The summed E-state index contributed by atoms with van der Waals surface area (Å²) in [6, 6.07) is 26.7. The molecule has 1 aliphatic heterocycles. The second-order valence-electron chi connectivity index (χ2n) is 8.18. The van der Waals surface area contributed by atoms with Crippen molar-refractivity contribution in [3.05, 3.63) is 89.8 Å². The van der Waals surface area contributed by atoms with Gasteiger partial charge in [0.1, 0.15) is 10.8 Å². The number of benzene rings is 3. The summed E-state index contributed by atoms with van der Waals surface area (Å²) in [4.78, 5) is 19.9. The highest BCUT2D eigenvalue weighted by molar-refractivity contribution is 7.13. The molecule has 33 heavy (non-hydrogen) atoms. The number of aryl methyl sites for hydroxylation is 1. The third kappa shape index (κ3) is 4.55. The highest BCUT2D eigenvalue weighted by atomic mass is 32.1. The van der Waals surface area contributed by atoms with Crippen LogP contribution in [0.15, 0.2) is 84.2 Å². The van der Waals surface area contributed by atoms with E-state index in [2.05, 4.69) is 41.8 Å². The molecule has 0 bridgehead atoms. The zero-order valence-corrected chi connectivity index (χ0v) is 19.4. The number of nitrogens with zero attached hydrogens (tertiary/aromatic N) is 2. The maximum absolute atomic E-state index is 13.2. The molecular weight excluding hydrogens is 428 g/mol. The van der Waals surface area contributed by atoms with Gasteiger partial charge in [-0.3, -0.25) is 4.79 Å². The molecule has 4 aromatic rings. The minimum Gasteiger partial charge on any atom is -0.478 e. The lowest BCUT2D eigenvalue weighted by molar-refractivity contribution is -0.126. The van der Waals surface area contributed by atoms with Crippen molar-refractivity contribution in [2.45, 2.75) is 32.3 Å². The standard InChI is InChI=1S/C28H26N2O2S/c1-2-25-28(31)30(17-9-12-20-10-5-3-6-11-20)24-18-22(15-16-26(24)32-25)23-19-33-27(29-23)21-13-7-4-8-14-21/h3-8,10-11,13-16,18-19,25H,2,9,12,17H2,1H3. The summed E-state index contributed by atoms with van der Waals surface area (Å²) in [6.07, 6.45) is 2.06. The molecular formula is C28H26N2O2S. The summed E-state index contributed by atoms with van der Waals surface area (Å²) in [5.74, 6) is 0.807. The molecule has 166 valence electrons. The van der Waals surface area contributed by atoms with E-state index in [1.807, 2.05) is 54.3 Å². The first kappa shape index (κ1) is 21.4. The monoisotopic (exact) mass is 454 g/mol. The number of carbonyl (C=O) groups is 1. The van der Waals surface area contributed by atoms with Gasteiger partial charge in [-0.1, -0.05) is 67.6 Å². The number of thiazole rings is 1. The maximum Gasteiger partial charge on any atom is 0.268 e. The highest BCUT2D eigenvalue weighted by Gasteiger charge is 2.33. The fourth-order valence-corrected chi connectivity index (χ4v) is 5.01. The Morgan fingerprint density at radius 2 is 1.73 bits per heavy atom. The van der Waals surface area contributed by atoms with Gasteiger partial charge in [-0.2, -0.15) is 0 Å². The van der Waals surface area contributed by atoms with Gasteiger partial charge in [0.15, 0.2) is 6.10 Å². The van der Waals surface area contributed by atoms with Gasteiger partial charge < -0.3 is 9.64 Å². The first-order valence-electron chi connectivity index (χ1n) is 11.4. The number of ether oxygens (including phenoxy) is 1. The van der Waals surface area contributed by atoms with Crippen LogP contribution in [0.4, 0.5) is 5.69 Å².